The maximum atomic E-state index is 9.93. The van der Waals surface area contributed by atoms with E-state index in [-0.39, 0.29) is 17.6 Å². The molecule has 1 saturated heterocycles. The zero-order valence-electron chi connectivity index (χ0n) is 17.7. The van der Waals surface area contributed by atoms with E-state index in [0.29, 0.717) is 6.61 Å². The molecule has 2 aliphatic rings. The average molecular weight is 416 g/mol. The van der Waals surface area contributed by atoms with Gasteiger partial charge in [-0.2, -0.15) is 0 Å². The number of hydrogen-bond donors (Lipinski definition) is 1. The lowest BCUT2D eigenvalue weighted by Crippen LogP contribution is -2.25. The van der Waals surface area contributed by atoms with Crippen molar-refractivity contribution in [3.8, 4) is 17.2 Å². The monoisotopic (exact) mass is 415 g/mol. The fourth-order valence-electron chi connectivity index (χ4n) is 4.87. The predicted octanol–water partition coefficient (Wildman–Crippen LogP) is 5.17. The molecule has 2 atom stereocenters. The maximum absolute atomic E-state index is 9.93. The van der Waals surface area contributed by atoms with Gasteiger partial charge in [-0.3, -0.25) is 4.90 Å². The number of fused-ring (bicyclic) bond motifs is 1. The summed E-state index contributed by atoms with van der Waals surface area (Å²) in [4.78, 5) is 2.47. The molecule has 0 aromatic heterocycles. The highest BCUT2D eigenvalue weighted by molar-refractivity contribution is 5.50. The summed E-state index contributed by atoms with van der Waals surface area (Å²) in [5.41, 5.74) is 3.61. The van der Waals surface area contributed by atoms with Crippen LogP contribution in [0.2, 0.25) is 0 Å². The number of hydrogen-bond acceptors (Lipinski definition) is 4. The van der Waals surface area contributed by atoms with Crippen LogP contribution in [-0.4, -0.2) is 42.9 Å². The molecule has 3 aromatic carbocycles. The molecule has 0 amide bonds. The van der Waals surface area contributed by atoms with Crippen molar-refractivity contribution in [1.82, 2.24) is 4.90 Å². The first-order valence-electron chi connectivity index (χ1n) is 11.2. The van der Waals surface area contributed by atoms with Gasteiger partial charge in [0.25, 0.3) is 0 Å². The molecule has 1 N–H and O–H groups in total. The van der Waals surface area contributed by atoms with Gasteiger partial charge in [0.15, 0.2) is 0 Å². The Hall–Kier alpha value is -2.98. The Morgan fingerprint density at radius 2 is 1.68 bits per heavy atom. The van der Waals surface area contributed by atoms with Crippen molar-refractivity contribution in [2.45, 2.75) is 24.7 Å². The highest BCUT2D eigenvalue weighted by Crippen LogP contribution is 2.47. The zero-order valence-corrected chi connectivity index (χ0v) is 17.7. The molecule has 2 heterocycles. The molecule has 0 saturated carbocycles. The molecule has 0 spiro atoms. The van der Waals surface area contributed by atoms with Gasteiger partial charge in [0, 0.05) is 30.0 Å². The Balaban J connectivity index is 1.38. The van der Waals surface area contributed by atoms with Gasteiger partial charge in [0.05, 0.1) is 6.61 Å². The first-order chi connectivity index (χ1) is 15.3. The van der Waals surface area contributed by atoms with Crippen LogP contribution in [0.1, 0.15) is 41.4 Å². The van der Waals surface area contributed by atoms with Gasteiger partial charge in [-0.25, -0.2) is 0 Å². The SMILES string of the molecule is Oc1ccc2c(c1)OC[C@H](c1ccccc1)[C@@H]2c1ccc(OCCN2CCCC2)cc1. The highest BCUT2D eigenvalue weighted by atomic mass is 16.5. The summed E-state index contributed by atoms with van der Waals surface area (Å²) in [6, 6.07) is 24.5. The molecule has 1 fully saturated rings. The molecule has 0 radical (unpaired) electrons. The lowest BCUT2D eigenvalue weighted by molar-refractivity contribution is 0.237. The molecule has 0 unspecified atom stereocenters. The second-order valence-corrected chi connectivity index (χ2v) is 8.49. The number of ether oxygens (including phenoxy) is 2. The second-order valence-electron chi connectivity index (χ2n) is 8.49. The molecule has 5 rings (SSSR count). The number of phenols is 1. The average Bonchev–Trinajstić information content (AvgIpc) is 3.33. The third kappa shape index (κ3) is 4.40. The minimum Gasteiger partial charge on any atom is -0.508 e. The van der Waals surface area contributed by atoms with Crippen LogP contribution in [0.15, 0.2) is 72.8 Å². The molecule has 4 nitrogen and oxygen atoms in total. The van der Waals surface area contributed by atoms with Crippen LogP contribution in [0, 0.1) is 0 Å². The smallest absolute Gasteiger partial charge is 0.126 e. The molecule has 0 bridgehead atoms. The van der Waals surface area contributed by atoms with E-state index in [1.807, 2.05) is 12.1 Å². The summed E-state index contributed by atoms with van der Waals surface area (Å²) in [5, 5.41) is 9.93. The first kappa shape index (κ1) is 20.0. The van der Waals surface area contributed by atoms with Crippen LogP contribution in [0.3, 0.4) is 0 Å². The lowest BCUT2D eigenvalue weighted by atomic mass is 9.76. The van der Waals surface area contributed by atoms with Crippen molar-refractivity contribution in [2.24, 2.45) is 0 Å². The van der Waals surface area contributed by atoms with E-state index in [1.54, 1.807) is 12.1 Å². The van der Waals surface area contributed by atoms with Crippen LogP contribution in [0.4, 0.5) is 0 Å². The molecular weight excluding hydrogens is 386 g/mol. The fourth-order valence-corrected chi connectivity index (χ4v) is 4.87. The fraction of sp³-hybridized carbons (Fsp3) is 0.333. The lowest BCUT2D eigenvalue weighted by Gasteiger charge is -2.34. The number of nitrogens with zero attached hydrogens (tertiary/aromatic N) is 1. The van der Waals surface area contributed by atoms with E-state index in [9.17, 15) is 5.11 Å². The van der Waals surface area contributed by atoms with E-state index in [0.717, 1.165) is 30.2 Å². The number of rotatable bonds is 6. The van der Waals surface area contributed by atoms with Gasteiger partial charge in [-0.15, -0.1) is 0 Å². The van der Waals surface area contributed by atoms with Crippen molar-refractivity contribution in [3.05, 3.63) is 89.5 Å². The van der Waals surface area contributed by atoms with Crippen LogP contribution in [-0.2, 0) is 0 Å². The van der Waals surface area contributed by atoms with E-state index in [2.05, 4.69) is 53.4 Å². The Bertz CT molecular complexity index is 997. The Morgan fingerprint density at radius 1 is 0.903 bits per heavy atom. The van der Waals surface area contributed by atoms with E-state index >= 15 is 0 Å². The molecule has 4 heteroatoms. The third-order valence-electron chi connectivity index (χ3n) is 6.49. The summed E-state index contributed by atoms with van der Waals surface area (Å²) < 4.78 is 12.1. The van der Waals surface area contributed by atoms with Crippen molar-refractivity contribution in [3.63, 3.8) is 0 Å². The van der Waals surface area contributed by atoms with Crippen molar-refractivity contribution < 1.29 is 14.6 Å². The van der Waals surface area contributed by atoms with Gasteiger partial charge in [-0.05, 0) is 55.3 Å². The van der Waals surface area contributed by atoms with Gasteiger partial charge >= 0.3 is 0 Å². The van der Waals surface area contributed by atoms with Crippen molar-refractivity contribution >= 4 is 0 Å². The van der Waals surface area contributed by atoms with Crippen LogP contribution in [0.25, 0.3) is 0 Å². The number of aromatic hydroxyl groups is 1. The molecular formula is C27H29NO3. The molecule has 3 aromatic rings. The standard InChI is InChI=1S/C27H29NO3/c29-22-10-13-24-26(18-22)31-19-25(20-6-2-1-3-7-20)27(24)21-8-11-23(12-9-21)30-17-16-28-14-4-5-15-28/h1-3,6-13,18,25,27,29H,4-5,14-17,19H2/t25-,27-/m1/s1. The summed E-state index contributed by atoms with van der Waals surface area (Å²) in [7, 11) is 0. The minimum atomic E-state index is 0.158. The summed E-state index contributed by atoms with van der Waals surface area (Å²) in [6.07, 6.45) is 2.61. The summed E-state index contributed by atoms with van der Waals surface area (Å²) in [5.74, 6) is 2.28. The number of phenolic OH excluding ortho intramolecular Hbond substituents is 1. The first-order valence-corrected chi connectivity index (χ1v) is 11.2. The number of benzene rings is 3. The third-order valence-corrected chi connectivity index (χ3v) is 6.49. The van der Waals surface area contributed by atoms with Crippen LogP contribution < -0.4 is 9.47 Å². The largest absolute Gasteiger partial charge is 0.508 e. The molecule has 160 valence electrons. The molecule has 0 aliphatic carbocycles. The maximum Gasteiger partial charge on any atom is 0.126 e. The van der Waals surface area contributed by atoms with Crippen LogP contribution >= 0.6 is 0 Å². The quantitative estimate of drug-likeness (QED) is 0.603. The second kappa shape index (κ2) is 9.03. The van der Waals surface area contributed by atoms with Gasteiger partial charge < -0.3 is 14.6 Å². The van der Waals surface area contributed by atoms with Crippen molar-refractivity contribution in [2.75, 3.05) is 32.8 Å². The Labute approximate surface area is 184 Å². The summed E-state index contributed by atoms with van der Waals surface area (Å²) >= 11 is 0. The zero-order chi connectivity index (χ0) is 21.0. The normalized spacial score (nSPS) is 20.8. The van der Waals surface area contributed by atoms with E-state index in [1.165, 1.54) is 37.1 Å². The van der Waals surface area contributed by atoms with Gasteiger partial charge in [0.2, 0.25) is 0 Å². The topological polar surface area (TPSA) is 41.9 Å². The van der Waals surface area contributed by atoms with E-state index in [4.69, 9.17) is 9.47 Å². The minimum absolute atomic E-state index is 0.158. The van der Waals surface area contributed by atoms with Gasteiger partial charge in [0.1, 0.15) is 23.9 Å². The molecule has 2 aliphatic heterocycles. The highest BCUT2D eigenvalue weighted by Gasteiger charge is 2.33. The predicted molar refractivity (Wildman–Crippen MR) is 122 cm³/mol. The molecule has 31 heavy (non-hydrogen) atoms. The van der Waals surface area contributed by atoms with Gasteiger partial charge in [-0.1, -0.05) is 48.5 Å². The Kier molecular flexibility index (Phi) is 5.81. The van der Waals surface area contributed by atoms with Crippen molar-refractivity contribution in [1.29, 1.82) is 0 Å². The van der Waals surface area contributed by atoms with E-state index < -0.39 is 0 Å². The number of likely N-dealkylation sites (tertiary alicyclic amines) is 1. The Morgan fingerprint density at radius 3 is 2.45 bits per heavy atom. The van der Waals surface area contributed by atoms with Crippen LogP contribution in [0.5, 0.6) is 17.2 Å². The summed E-state index contributed by atoms with van der Waals surface area (Å²) in [6.45, 7) is 4.70.